The number of rotatable bonds is 5. The van der Waals surface area contributed by atoms with Gasteiger partial charge in [0.25, 0.3) is 0 Å². The molecule has 0 spiro atoms. The Morgan fingerprint density at radius 3 is 2.76 bits per heavy atom. The molecule has 0 fully saturated rings. The van der Waals surface area contributed by atoms with Crippen molar-refractivity contribution in [3.05, 3.63) is 57.2 Å². The lowest BCUT2D eigenvalue weighted by molar-refractivity contribution is 0.259. The van der Waals surface area contributed by atoms with Gasteiger partial charge in [-0.15, -0.1) is 11.3 Å². The fourth-order valence-electron chi connectivity index (χ4n) is 1.90. The van der Waals surface area contributed by atoms with E-state index in [0.29, 0.717) is 0 Å². The molecule has 0 radical (unpaired) electrons. The number of hydrogen-bond acceptors (Lipinski definition) is 2. The van der Waals surface area contributed by atoms with Gasteiger partial charge in [0.15, 0.2) is 0 Å². The zero-order chi connectivity index (χ0) is 12.1. The summed E-state index contributed by atoms with van der Waals surface area (Å²) in [4.78, 5) is 1.37. The molecule has 0 saturated heterocycles. The van der Waals surface area contributed by atoms with E-state index >= 15 is 0 Å². The second-order valence-electron chi connectivity index (χ2n) is 4.05. The van der Waals surface area contributed by atoms with Crippen LogP contribution in [-0.4, -0.2) is 11.7 Å². The Labute approximate surface area is 111 Å². The SMILES string of the molecule is OCC(CCc1cccs1)c1cccc(Cl)c1. The number of aryl methyl sites for hydroxylation is 1. The monoisotopic (exact) mass is 266 g/mol. The summed E-state index contributed by atoms with van der Waals surface area (Å²) < 4.78 is 0. The van der Waals surface area contributed by atoms with E-state index in [4.69, 9.17) is 11.6 Å². The molecule has 0 bridgehead atoms. The molecule has 1 N–H and O–H groups in total. The van der Waals surface area contributed by atoms with E-state index in [0.717, 1.165) is 23.4 Å². The first-order valence-electron chi connectivity index (χ1n) is 5.68. The third-order valence-corrected chi connectivity index (χ3v) is 4.03. The number of thiophene rings is 1. The Hall–Kier alpha value is -0.830. The summed E-state index contributed by atoms with van der Waals surface area (Å²) >= 11 is 7.73. The minimum Gasteiger partial charge on any atom is -0.396 e. The maximum absolute atomic E-state index is 9.46. The first-order chi connectivity index (χ1) is 8.29. The number of benzene rings is 1. The molecular weight excluding hydrogens is 252 g/mol. The maximum atomic E-state index is 9.46. The minimum absolute atomic E-state index is 0.172. The number of aliphatic hydroxyl groups excluding tert-OH is 1. The lowest BCUT2D eigenvalue weighted by Gasteiger charge is -2.14. The molecule has 1 aromatic heterocycles. The van der Waals surface area contributed by atoms with Gasteiger partial charge in [0, 0.05) is 22.4 Å². The maximum Gasteiger partial charge on any atom is 0.0499 e. The molecule has 0 aliphatic heterocycles. The minimum atomic E-state index is 0.172. The van der Waals surface area contributed by atoms with Gasteiger partial charge >= 0.3 is 0 Å². The predicted molar refractivity (Wildman–Crippen MR) is 73.9 cm³/mol. The molecule has 0 amide bonds. The third-order valence-electron chi connectivity index (χ3n) is 2.86. The van der Waals surface area contributed by atoms with Gasteiger partial charge in [0.2, 0.25) is 0 Å². The molecule has 2 aromatic rings. The van der Waals surface area contributed by atoms with Crippen LogP contribution in [0.25, 0.3) is 0 Å². The van der Waals surface area contributed by atoms with Crippen molar-refractivity contribution >= 4 is 22.9 Å². The highest BCUT2D eigenvalue weighted by Gasteiger charge is 2.11. The fraction of sp³-hybridized carbons (Fsp3) is 0.286. The van der Waals surface area contributed by atoms with Crippen molar-refractivity contribution in [3.8, 4) is 0 Å². The Balaban J connectivity index is 2.01. The van der Waals surface area contributed by atoms with E-state index < -0.39 is 0 Å². The normalized spacial score (nSPS) is 12.6. The van der Waals surface area contributed by atoms with Crippen LogP contribution < -0.4 is 0 Å². The van der Waals surface area contributed by atoms with E-state index in [2.05, 4.69) is 17.5 Å². The van der Waals surface area contributed by atoms with Gasteiger partial charge in [-0.2, -0.15) is 0 Å². The highest BCUT2D eigenvalue weighted by molar-refractivity contribution is 7.09. The second-order valence-corrected chi connectivity index (χ2v) is 5.52. The Morgan fingerprint density at radius 2 is 2.12 bits per heavy atom. The van der Waals surface area contributed by atoms with Gasteiger partial charge < -0.3 is 5.11 Å². The summed E-state index contributed by atoms with van der Waals surface area (Å²) in [5.74, 6) is 0.177. The zero-order valence-corrected chi connectivity index (χ0v) is 11.0. The van der Waals surface area contributed by atoms with Gasteiger partial charge in [0.1, 0.15) is 0 Å². The molecule has 0 aliphatic carbocycles. The summed E-state index contributed by atoms with van der Waals surface area (Å²) in [6.07, 6.45) is 1.97. The number of hydrogen-bond donors (Lipinski definition) is 1. The average Bonchev–Trinajstić information content (AvgIpc) is 2.83. The van der Waals surface area contributed by atoms with Gasteiger partial charge in [-0.3, -0.25) is 0 Å². The Kier molecular flexibility index (Phi) is 4.60. The van der Waals surface area contributed by atoms with Crippen LogP contribution in [0, 0.1) is 0 Å². The van der Waals surface area contributed by atoms with Crippen LogP contribution in [0.2, 0.25) is 5.02 Å². The smallest absolute Gasteiger partial charge is 0.0499 e. The van der Waals surface area contributed by atoms with Crippen LogP contribution in [-0.2, 0) is 6.42 Å². The molecule has 1 unspecified atom stereocenters. The lowest BCUT2D eigenvalue weighted by atomic mass is 9.95. The first-order valence-corrected chi connectivity index (χ1v) is 6.94. The quantitative estimate of drug-likeness (QED) is 0.864. The van der Waals surface area contributed by atoms with Crippen molar-refractivity contribution in [2.45, 2.75) is 18.8 Å². The van der Waals surface area contributed by atoms with E-state index in [-0.39, 0.29) is 12.5 Å². The van der Waals surface area contributed by atoms with E-state index in [1.807, 2.05) is 24.3 Å². The van der Waals surface area contributed by atoms with Crippen LogP contribution in [0.3, 0.4) is 0 Å². The van der Waals surface area contributed by atoms with Crippen LogP contribution in [0.1, 0.15) is 22.8 Å². The van der Waals surface area contributed by atoms with Crippen molar-refractivity contribution in [3.63, 3.8) is 0 Å². The topological polar surface area (TPSA) is 20.2 Å². The predicted octanol–water partition coefficient (Wildman–Crippen LogP) is 4.11. The van der Waals surface area contributed by atoms with Crippen LogP contribution in [0.5, 0.6) is 0 Å². The van der Waals surface area contributed by atoms with Crippen LogP contribution >= 0.6 is 22.9 Å². The summed E-state index contributed by atoms with van der Waals surface area (Å²) in [5.41, 5.74) is 1.12. The molecule has 0 aliphatic rings. The highest BCUT2D eigenvalue weighted by Crippen LogP contribution is 2.24. The molecule has 0 saturated carbocycles. The molecule has 2 rings (SSSR count). The largest absolute Gasteiger partial charge is 0.396 e. The van der Waals surface area contributed by atoms with Crippen molar-refractivity contribution in [2.24, 2.45) is 0 Å². The Morgan fingerprint density at radius 1 is 1.24 bits per heavy atom. The van der Waals surface area contributed by atoms with Gasteiger partial charge in [-0.05, 0) is 42.0 Å². The van der Waals surface area contributed by atoms with E-state index in [9.17, 15) is 5.11 Å². The van der Waals surface area contributed by atoms with E-state index in [1.54, 1.807) is 11.3 Å². The van der Waals surface area contributed by atoms with Gasteiger partial charge in [0.05, 0.1) is 0 Å². The summed E-state index contributed by atoms with van der Waals surface area (Å²) in [5, 5.41) is 12.3. The molecule has 17 heavy (non-hydrogen) atoms. The van der Waals surface area contributed by atoms with Gasteiger partial charge in [-0.1, -0.05) is 29.8 Å². The molecule has 1 heterocycles. The summed E-state index contributed by atoms with van der Waals surface area (Å²) in [6.45, 7) is 0.172. The van der Waals surface area contributed by atoms with E-state index in [1.165, 1.54) is 4.88 Å². The fourth-order valence-corrected chi connectivity index (χ4v) is 2.82. The second kappa shape index (κ2) is 6.20. The lowest BCUT2D eigenvalue weighted by Crippen LogP contribution is -2.05. The Bertz CT molecular complexity index is 453. The summed E-state index contributed by atoms with van der Waals surface area (Å²) in [7, 11) is 0. The van der Waals surface area contributed by atoms with Crippen molar-refractivity contribution < 1.29 is 5.11 Å². The average molecular weight is 267 g/mol. The van der Waals surface area contributed by atoms with Gasteiger partial charge in [-0.25, -0.2) is 0 Å². The highest BCUT2D eigenvalue weighted by atomic mass is 35.5. The molecule has 3 heteroatoms. The molecule has 1 aromatic carbocycles. The third kappa shape index (κ3) is 3.56. The standard InChI is InChI=1S/C14H15ClOS/c15-13-4-1-3-11(9-13)12(10-16)6-7-14-5-2-8-17-14/h1-5,8-9,12,16H,6-7,10H2. The first kappa shape index (κ1) is 12.6. The number of halogens is 1. The van der Waals surface area contributed by atoms with Crippen molar-refractivity contribution in [1.82, 2.24) is 0 Å². The molecule has 1 nitrogen and oxygen atoms in total. The van der Waals surface area contributed by atoms with Crippen LogP contribution in [0.15, 0.2) is 41.8 Å². The van der Waals surface area contributed by atoms with Crippen LogP contribution in [0.4, 0.5) is 0 Å². The molecule has 1 atom stereocenters. The molecule has 90 valence electrons. The van der Waals surface area contributed by atoms with Crippen molar-refractivity contribution in [1.29, 1.82) is 0 Å². The molecular formula is C14H15ClOS. The van der Waals surface area contributed by atoms with Crippen molar-refractivity contribution in [2.75, 3.05) is 6.61 Å². The summed E-state index contributed by atoms with van der Waals surface area (Å²) in [6, 6.07) is 12.0. The number of aliphatic hydroxyl groups is 1. The zero-order valence-electron chi connectivity index (χ0n) is 9.47.